The summed E-state index contributed by atoms with van der Waals surface area (Å²) in [6.45, 7) is 4.50. The van der Waals surface area contributed by atoms with Crippen LogP contribution in [0.1, 0.15) is 22.8 Å². The van der Waals surface area contributed by atoms with Crippen molar-refractivity contribution in [2.24, 2.45) is 0 Å². The maximum atomic E-state index is 7.50. The van der Waals surface area contributed by atoms with Gasteiger partial charge in [-0.05, 0) is 117 Å². The number of rotatable bonds is 8. The minimum atomic E-state index is 0. The predicted octanol–water partition coefficient (Wildman–Crippen LogP) is 10.6. The third kappa shape index (κ3) is 7.85. The number of hydrogen-bond donors (Lipinski definition) is 0. The van der Waals surface area contributed by atoms with Crippen molar-refractivity contribution in [3.8, 4) is 67.5 Å². The van der Waals surface area contributed by atoms with Gasteiger partial charge in [0.05, 0.1) is 51.2 Å². The SMILES string of the molecule is COc1ccc(-c2c3nc(c(-c4ccc(OC)cc4)c4ccc([n-]4)c(-c4ccc(OC)cc4)c4nc(c(-c5ccc(OC)cc5)c5ccc2[n-]5)C=C4)C=C3)cc1.[C-]#[O+].[Ru+2]. The zero-order valence-corrected chi connectivity index (χ0v) is 34.3. The molecule has 2 aliphatic rings. The van der Waals surface area contributed by atoms with Crippen molar-refractivity contribution < 1.29 is 43.1 Å². The first-order chi connectivity index (χ1) is 28.5. The van der Waals surface area contributed by atoms with Crippen LogP contribution in [-0.4, -0.2) is 38.4 Å². The average Bonchev–Trinajstić information content (AvgIpc) is 4.14. The van der Waals surface area contributed by atoms with E-state index >= 15 is 0 Å². The van der Waals surface area contributed by atoms with Crippen LogP contribution >= 0.6 is 0 Å². The monoisotopic (exact) mass is 862 g/mol. The first kappa shape index (κ1) is 40.2. The van der Waals surface area contributed by atoms with E-state index in [0.29, 0.717) is 0 Å². The van der Waals surface area contributed by atoms with Gasteiger partial charge in [0, 0.05) is 0 Å². The van der Waals surface area contributed by atoms with E-state index in [1.807, 2.05) is 97.1 Å². The third-order valence-corrected chi connectivity index (χ3v) is 10.1. The van der Waals surface area contributed by atoms with Gasteiger partial charge < -0.3 is 28.9 Å². The second kappa shape index (κ2) is 17.7. The second-order valence-electron chi connectivity index (χ2n) is 13.3. The summed E-state index contributed by atoms with van der Waals surface area (Å²) in [5, 5.41) is 0. The van der Waals surface area contributed by atoms with Crippen LogP contribution in [0.15, 0.2) is 121 Å². The Labute approximate surface area is 354 Å². The Morgan fingerprint density at radius 1 is 0.356 bits per heavy atom. The molecule has 10 heteroatoms. The standard InChI is InChI=1S/C48H36N4O4.CO.Ru/c1-53-33-13-5-29(6-14-33)45-37-21-23-39(49-37)46(30-7-15-34(54-2)16-8-30)41-25-27-43(51-41)48(32-11-19-36(56-4)20-12-32)44-28-26-42(52-44)47(40-24-22-38(45)50-40)31-9-17-35(55-3)18-10-31;1-2;/h5-28H,1-4H3;;/q-2;;+2. The molecule has 8 bridgehead atoms. The van der Waals surface area contributed by atoms with E-state index in [-0.39, 0.29) is 19.5 Å². The van der Waals surface area contributed by atoms with Crippen LogP contribution in [-0.2, 0) is 24.1 Å². The Bertz CT molecular complexity index is 2490. The molecule has 4 aromatic carbocycles. The molecule has 0 amide bonds. The van der Waals surface area contributed by atoms with Gasteiger partial charge in [-0.1, -0.05) is 72.8 Å². The molecular weight excluding hydrogens is 826 g/mol. The summed E-state index contributed by atoms with van der Waals surface area (Å²) in [5.74, 6) is 3.06. The van der Waals surface area contributed by atoms with E-state index in [9.17, 15) is 0 Å². The molecule has 0 spiro atoms. The van der Waals surface area contributed by atoms with Crippen LogP contribution in [0.25, 0.3) is 90.9 Å². The summed E-state index contributed by atoms with van der Waals surface area (Å²) in [4.78, 5) is 21.4. The zero-order valence-electron chi connectivity index (χ0n) is 32.5. The van der Waals surface area contributed by atoms with Gasteiger partial charge in [-0.15, -0.1) is 22.1 Å². The fourth-order valence-corrected chi connectivity index (χ4v) is 7.30. The largest absolute Gasteiger partial charge is 2.00 e. The van der Waals surface area contributed by atoms with Crippen LogP contribution < -0.4 is 28.9 Å². The van der Waals surface area contributed by atoms with E-state index in [4.69, 9.17) is 43.5 Å². The number of fused-ring (bicyclic) bond motifs is 8. The summed E-state index contributed by atoms with van der Waals surface area (Å²) in [6, 6.07) is 40.3. The van der Waals surface area contributed by atoms with Crippen molar-refractivity contribution in [2.75, 3.05) is 28.4 Å². The predicted molar refractivity (Wildman–Crippen MR) is 229 cm³/mol. The number of ether oxygens (including phenoxy) is 4. The van der Waals surface area contributed by atoms with Gasteiger partial charge in [0.15, 0.2) is 0 Å². The van der Waals surface area contributed by atoms with Crippen molar-refractivity contribution in [1.29, 1.82) is 0 Å². The normalized spacial score (nSPS) is 11.2. The fourth-order valence-electron chi connectivity index (χ4n) is 7.30. The minimum Gasteiger partial charge on any atom is 2.00 e. The summed E-state index contributed by atoms with van der Waals surface area (Å²) in [5.41, 5.74) is 13.7. The smallest absolute Gasteiger partial charge is 2.00 e. The molecule has 290 valence electrons. The Kier molecular flexibility index (Phi) is 12.1. The van der Waals surface area contributed by atoms with Crippen molar-refractivity contribution in [3.63, 3.8) is 0 Å². The number of hydrogen-bond acceptors (Lipinski definition) is 6. The Morgan fingerprint density at radius 3 is 0.746 bits per heavy atom. The first-order valence-corrected chi connectivity index (χ1v) is 18.4. The third-order valence-electron chi connectivity index (χ3n) is 10.1. The molecule has 0 N–H and O–H groups in total. The molecule has 7 aromatic rings. The summed E-state index contributed by atoms with van der Waals surface area (Å²) >= 11 is 0. The molecule has 0 aliphatic carbocycles. The van der Waals surface area contributed by atoms with E-state index in [1.165, 1.54) is 0 Å². The molecule has 9 nitrogen and oxygen atoms in total. The van der Waals surface area contributed by atoms with Crippen LogP contribution in [0.4, 0.5) is 0 Å². The molecule has 3 aromatic heterocycles. The molecule has 0 fully saturated rings. The topological polar surface area (TPSA) is 111 Å². The fraction of sp³-hybridized carbons (Fsp3) is 0.0816. The summed E-state index contributed by atoms with van der Waals surface area (Å²) in [7, 11) is 6.67. The van der Waals surface area contributed by atoms with E-state index in [1.54, 1.807) is 28.4 Å². The van der Waals surface area contributed by atoms with Crippen molar-refractivity contribution >= 4 is 46.4 Å². The van der Waals surface area contributed by atoms with Gasteiger partial charge in [0.1, 0.15) is 23.0 Å². The number of nitrogens with zero attached hydrogens (tertiary/aromatic N) is 4. The van der Waals surface area contributed by atoms with Crippen molar-refractivity contribution in [1.82, 2.24) is 19.9 Å². The molecule has 9 rings (SSSR count). The van der Waals surface area contributed by atoms with Gasteiger partial charge in [-0.25, -0.2) is 9.97 Å². The van der Waals surface area contributed by atoms with Gasteiger partial charge in [0.2, 0.25) is 0 Å². The van der Waals surface area contributed by atoms with Crippen LogP contribution in [0.3, 0.4) is 0 Å². The van der Waals surface area contributed by atoms with Gasteiger partial charge in [0.25, 0.3) is 0 Å². The van der Waals surface area contributed by atoms with E-state index < -0.39 is 0 Å². The number of methoxy groups -OCH3 is 4. The molecule has 0 unspecified atom stereocenters. The maximum Gasteiger partial charge on any atom is 2.00 e. The summed E-state index contributed by atoms with van der Waals surface area (Å²) < 4.78 is 29.6. The molecule has 0 saturated carbocycles. The van der Waals surface area contributed by atoms with Gasteiger partial charge in [-0.3, -0.25) is 0 Å². The number of aromatic nitrogens is 4. The van der Waals surface area contributed by atoms with Crippen molar-refractivity contribution in [3.05, 3.63) is 151 Å². The zero-order chi connectivity index (χ0) is 40.2. The molecular formula is C49H36N4O5Ru. The summed E-state index contributed by atoms with van der Waals surface area (Å²) in [6.07, 6.45) is 8.23. The second-order valence-corrected chi connectivity index (χ2v) is 13.3. The first-order valence-electron chi connectivity index (χ1n) is 18.4. The van der Waals surface area contributed by atoms with E-state index in [0.717, 1.165) is 112 Å². The number of benzene rings is 4. The molecule has 0 saturated heterocycles. The molecule has 59 heavy (non-hydrogen) atoms. The maximum absolute atomic E-state index is 7.50. The quantitative estimate of drug-likeness (QED) is 0.0844. The van der Waals surface area contributed by atoms with Crippen LogP contribution in [0.5, 0.6) is 23.0 Å². The van der Waals surface area contributed by atoms with E-state index in [2.05, 4.69) is 55.2 Å². The van der Waals surface area contributed by atoms with Crippen LogP contribution in [0.2, 0.25) is 0 Å². The van der Waals surface area contributed by atoms with Gasteiger partial charge in [-0.2, -0.15) is 0 Å². The Balaban J connectivity index is 0.00000173. The molecule has 0 radical (unpaired) electrons. The van der Waals surface area contributed by atoms with Crippen LogP contribution in [0, 0.1) is 6.65 Å². The Hall–Kier alpha value is -6.96. The molecule has 0 atom stereocenters. The average molecular weight is 862 g/mol. The minimum absolute atomic E-state index is 0. The molecule has 5 heterocycles. The molecule has 2 aliphatic heterocycles. The van der Waals surface area contributed by atoms with Gasteiger partial charge >= 0.3 is 30.8 Å². The Morgan fingerprint density at radius 2 is 0.559 bits per heavy atom. The van der Waals surface area contributed by atoms with Crippen molar-refractivity contribution in [2.45, 2.75) is 0 Å².